The molecule has 4 nitrogen and oxygen atoms in total. The third kappa shape index (κ3) is 5.10. The zero-order valence-electron chi connectivity index (χ0n) is 12.4. The van der Waals surface area contributed by atoms with E-state index < -0.39 is 33.6 Å². The van der Waals surface area contributed by atoms with Gasteiger partial charge in [0, 0.05) is 5.38 Å². The molecule has 2 aromatic rings. The zero-order chi connectivity index (χ0) is 19.0. The third-order valence-electron chi connectivity index (χ3n) is 2.86. The van der Waals surface area contributed by atoms with Crippen LogP contribution in [0.2, 0.25) is 10.0 Å². The average Bonchev–Trinajstić information content (AvgIpc) is 2.82. The molecule has 1 heterocycles. The van der Waals surface area contributed by atoms with Crippen LogP contribution in [0.25, 0.3) is 10.4 Å². The van der Waals surface area contributed by atoms with Gasteiger partial charge in [0.25, 0.3) is 0 Å². The number of benzene rings is 1. The van der Waals surface area contributed by atoms with Gasteiger partial charge in [-0.25, -0.2) is 0 Å². The van der Waals surface area contributed by atoms with Crippen LogP contribution in [0.1, 0.15) is 17.3 Å². The van der Waals surface area contributed by atoms with Crippen molar-refractivity contribution < 1.29 is 30.6 Å². The summed E-state index contributed by atoms with van der Waals surface area (Å²) in [6.07, 6.45) is -4.98. The van der Waals surface area contributed by atoms with Crippen molar-refractivity contribution in [1.29, 1.82) is 0 Å². The van der Waals surface area contributed by atoms with Crippen molar-refractivity contribution in [2.75, 3.05) is 5.75 Å². The number of thiophene rings is 1. The number of Topliss-reactive ketones (excluding diaryl/α,β-unsaturated/α-hetero) is 1. The highest BCUT2D eigenvalue weighted by molar-refractivity contribution is 7.87. The highest BCUT2D eigenvalue weighted by Gasteiger charge is 2.37. The van der Waals surface area contributed by atoms with Gasteiger partial charge in [-0.2, -0.15) is 21.6 Å². The fraction of sp³-hybridized carbons (Fsp3) is 0.214. The molecule has 0 bridgehead atoms. The van der Waals surface area contributed by atoms with Gasteiger partial charge >= 0.3 is 16.3 Å². The second-order valence-corrected chi connectivity index (χ2v) is 8.16. The molecule has 0 atom stereocenters. The zero-order valence-corrected chi connectivity index (χ0v) is 15.5. The maximum Gasteiger partial charge on any atom is 0.406 e. The van der Waals surface area contributed by atoms with Crippen LogP contribution in [0.3, 0.4) is 0 Å². The van der Waals surface area contributed by atoms with Crippen LogP contribution >= 0.6 is 34.5 Å². The quantitative estimate of drug-likeness (QED) is 0.481. The number of carbonyl (C=O) groups is 1. The van der Waals surface area contributed by atoms with Crippen molar-refractivity contribution in [3.8, 4) is 16.2 Å². The molecule has 0 unspecified atom stereocenters. The summed E-state index contributed by atoms with van der Waals surface area (Å²) in [4.78, 5) is 11.8. The summed E-state index contributed by atoms with van der Waals surface area (Å²) >= 11 is 12.6. The first kappa shape index (κ1) is 20.0. The van der Waals surface area contributed by atoms with Gasteiger partial charge in [-0.1, -0.05) is 29.3 Å². The Balaban J connectivity index is 2.54. The molecule has 0 aliphatic carbocycles. The molecule has 1 aromatic heterocycles. The van der Waals surface area contributed by atoms with Crippen molar-refractivity contribution in [1.82, 2.24) is 0 Å². The van der Waals surface area contributed by atoms with Crippen LogP contribution in [0.15, 0.2) is 23.6 Å². The largest absolute Gasteiger partial charge is 0.406 e. The summed E-state index contributed by atoms with van der Waals surface area (Å²) in [5.74, 6) is -3.19. The van der Waals surface area contributed by atoms with Gasteiger partial charge in [-0.3, -0.25) is 4.79 Å². The predicted molar refractivity (Wildman–Crippen MR) is 90.2 cm³/mol. The maximum atomic E-state index is 12.4. The number of hydrogen-bond acceptors (Lipinski definition) is 5. The molecule has 0 N–H and O–H groups in total. The number of alkyl halides is 3. The molecule has 0 aliphatic rings. The molecule has 25 heavy (non-hydrogen) atoms. The minimum Gasteiger partial charge on any atom is -0.380 e. The lowest BCUT2D eigenvalue weighted by Gasteiger charge is -2.11. The Bertz CT molecular complexity index is 921. The van der Waals surface area contributed by atoms with E-state index in [-0.39, 0.29) is 20.5 Å². The Morgan fingerprint density at radius 1 is 1.24 bits per heavy atom. The smallest absolute Gasteiger partial charge is 0.380 e. The Morgan fingerprint density at radius 3 is 2.40 bits per heavy atom. The van der Waals surface area contributed by atoms with E-state index in [2.05, 4.69) is 4.18 Å². The highest BCUT2D eigenvalue weighted by Crippen LogP contribution is 2.42. The summed E-state index contributed by atoms with van der Waals surface area (Å²) in [6, 6.07) is 4.30. The molecule has 2 rings (SSSR count). The van der Waals surface area contributed by atoms with Crippen LogP contribution in [0.5, 0.6) is 5.75 Å². The summed E-state index contributed by atoms with van der Waals surface area (Å²) in [5, 5.41) is 1.69. The average molecular weight is 433 g/mol. The van der Waals surface area contributed by atoms with Gasteiger partial charge < -0.3 is 4.18 Å². The minimum absolute atomic E-state index is 0.142. The summed E-state index contributed by atoms with van der Waals surface area (Å²) in [5.41, 5.74) is 0.209. The first-order valence-corrected chi connectivity index (χ1v) is 9.67. The molecular formula is C14H9Cl2F3O4S2. The van der Waals surface area contributed by atoms with Crippen LogP contribution in [-0.4, -0.2) is 26.1 Å². The lowest BCUT2D eigenvalue weighted by Crippen LogP contribution is -2.26. The molecular weight excluding hydrogens is 424 g/mol. The Labute approximate surface area is 155 Å². The van der Waals surface area contributed by atoms with E-state index >= 15 is 0 Å². The topological polar surface area (TPSA) is 60.4 Å². The summed E-state index contributed by atoms with van der Waals surface area (Å²) in [7, 11) is -5.00. The Kier molecular flexibility index (Phi) is 5.72. The van der Waals surface area contributed by atoms with Gasteiger partial charge in [0.2, 0.25) is 0 Å². The van der Waals surface area contributed by atoms with E-state index in [1.165, 1.54) is 23.6 Å². The van der Waals surface area contributed by atoms with E-state index in [0.29, 0.717) is 5.56 Å². The van der Waals surface area contributed by atoms with Crippen molar-refractivity contribution in [2.45, 2.75) is 13.1 Å². The highest BCUT2D eigenvalue weighted by atomic mass is 35.5. The number of halogens is 5. The van der Waals surface area contributed by atoms with Crippen molar-refractivity contribution >= 4 is 50.4 Å². The third-order valence-corrected chi connectivity index (χ3v) is 5.71. The summed E-state index contributed by atoms with van der Waals surface area (Å²) in [6.45, 7) is 1.14. The van der Waals surface area contributed by atoms with E-state index in [9.17, 15) is 26.4 Å². The first-order chi connectivity index (χ1) is 11.4. The number of rotatable bonds is 5. The number of carbonyl (C=O) groups excluding carboxylic acids is 1. The SMILES string of the molecule is CC(=O)c1csc(-c2ccc(Cl)c(Cl)c2)c1OS(=O)(=O)CC(F)(F)F. The molecule has 0 amide bonds. The Hall–Kier alpha value is -1.29. The molecule has 0 spiro atoms. The number of hydrogen-bond donors (Lipinski definition) is 0. The molecule has 0 saturated heterocycles. The Morgan fingerprint density at radius 2 is 1.88 bits per heavy atom. The van der Waals surface area contributed by atoms with Crippen LogP contribution in [0, 0.1) is 0 Å². The van der Waals surface area contributed by atoms with Gasteiger partial charge in [0.15, 0.2) is 17.3 Å². The molecule has 0 fully saturated rings. The van der Waals surface area contributed by atoms with Gasteiger partial charge in [-0.15, -0.1) is 11.3 Å². The van der Waals surface area contributed by atoms with Gasteiger partial charge in [0.1, 0.15) is 0 Å². The lowest BCUT2D eigenvalue weighted by atomic mass is 10.1. The lowest BCUT2D eigenvalue weighted by molar-refractivity contribution is -0.107. The molecule has 136 valence electrons. The minimum atomic E-state index is -5.00. The molecule has 0 radical (unpaired) electrons. The second kappa shape index (κ2) is 7.14. The fourth-order valence-corrected chi connectivity index (χ4v) is 4.13. The van der Waals surface area contributed by atoms with E-state index in [0.717, 1.165) is 18.3 Å². The van der Waals surface area contributed by atoms with Gasteiger partial charge in [-0.05, 0) is 24.6 Å². The monoisotopic (exact) mass is 432 g/mol. The first-order valence-electron chi connectivity index (χ1n) is 6.46. The van der Waals surface area contributed by atoms with Crippen LogP contribution < -0.4 is 4.18 Å². The standard InChI is InChI=1S/C14H9Cl2F3O4S2/c1-7(20)9-5-24-13(8-2-3-10(15)11(16)4-8)12(9)23-25(21,22)6-14(17,18)19/h2-5H,6H2,1H3. The fourth-order valence-electron chi connectivity index (χ4n) is 1.87. The molecule has 0 aliphatic heterocycles. The van der Waals surface area contributed by atoms with Crippen molar-refractivity contribution in [3.63, 3.8) is 0 Å². The molecule has 11 heteroatoms. The second-order valence-electron chi connectivity index (χ2n) is 4.89. The summed E-state index contributed by atoms with van der Waals surface area (Å²) < 4.78 is 65.2. The van der Waals surface area contributed by atoms with Gasteiger partial charge in [0.05, 0.1) is 20.5 Å². The van der Waals surface area contributed by atoms with Crippen LogP contribution in [0.4, 0.5) is 13.2 Å². The molecule has 1 aromatic carbocycles. The van der Waals surface area contributed by atoms with E-state index in [1.54, 1.807) is 0 Å². The maximum absolute atomic E-state index is 12.4. The normalized spacial score (nSPS) is 12.2. The van der Waals surface area contributed by atoms with Crippen molar-refractivity contribution in [3.05, 3.63) is 39.2 Å². The van der Waals surface area contributed by atoms with Crippen LogP contribution in [-0.2, 0) is 10.1 Å². The van der Waals surface area contributed by atoms with Crippen molar-refractivity contribution in [2.24, 2.45) is 0 Å². The predicted octanol–water partition coefficient (Wildman–Crippen LogP) is 5.20. The van der Waals surface area contributed by atoms with E-state index in [4.69, 9.17) is 23.2 Å². The number of ketones is 1. The molecule has 0 saturated carbocycles. The van der Waals surface area contributed by atoms with E-state index in [1.807, 2.05) is 0 Å².